The van der Waals surface area contributed by atoms with E-state index < -0.39 is 6.19 Å². The normalized spacial score (nSPS) is 22.2. The first-order chi connectivity index (χ1) is 23.3. The van der Waals surface area contributed by atoms with Crippen LogP contribution in [0.25, 0.3) is 5.69 Å². The first-order valence-corrected chi connectivity index (χ1v) is 19.5. The molecule has 0 radical (unpaired) electrons. The van der Waals surface area contributed by atoms with E-state index in [1.54, 1.807) is 0 Å². The van der Waals surface area contributed by atoms with Crippen LogP contribution in [0, 0.1) is 6.92 Å². The van der Waals surface area contributed by atoms with Crippen LogP contribution in [0.15, 0.2) is 131 Å². The maximum atomic E-state index is 7.18. The van der Waals surface area contributed by atoms with Crippen molar-refractivity contribution in [3.05, 3.63) is 149 Å². The minimum atomic E-state index is -2.58. The number of aryl methyl sites for hydroxylation is 1. The molecule has 6 nitrogen and oxygen atoms in total. The van der Waals surface area contributed by atoms with Crippen molar-refractivity contribution in [2.75, 3.05) is 38.1 Å². The molecule has 1 atom stereocenters. The highest BCUT2D eigenvalue weighted by Crippen LogP contribution is 2.64. The van der Waals surface area contributed by atoms with Gasteiger partial charge in [0, 0.05) is 61.6 Å². The highest BCUT2D eigenvalue weighted by atomic mass is 32.4. The van der Waals surface area contributed by atoms with Gasteiger partial charge in [-0.2, -0.15) is 5.10 Å². The van der Waals surface area contributed by atoms with Crippen LogP contribution in [0.4, 0.5) is 11.5 Å². The van der Waals surface area contributed by atoms with Crippen LogP contribution in [0.5, 0.6) is 0 Å². The van der Waals surface area contributed by atoms with Gasteiger partial charge in [-0.05, 0) is 41.8 Å². The highest BCUT2D eigenvalue weighted by molar-refractivity contribution is 8.19. The van der Waals surface area contributed by atoms with Crippen molar-refractivity contribution < 1.29 is 0 Å². The zero-order valence-corrected chi connectivity index (χ0v) is 29.7. The number of fused-ring (bicyclic) bond motifs is 2. The van der Waals surface area contributed by atoms with E-state index in [0.29, 0.717) is 0 Å². The number of anilines is 1. The number of aromatic nitrogens is 2. The standard InChI is InChI=1S/C40H41N6PS/c1-29-37-39(46(42-29)32-20-12-7-13-21-32)41-28-35(38-40(2,3)33-22-14-15-23-34(33)43(38)4)47(37,48)45-26-24-44(25-27-45)36(30-16-8-5-9-17-30)31-18-10-6-11-19-31/h5-23,28,36H,24-27H2,1-4H3/b38-35-. The molecule has 0 saturated carbocycles. The Morgan fingerprint density at radius 3 is 1.92 bits per heavy atom. The molecule has 0 spiro atoms. The van der Waals surface area contributed by atoms with Gasteiger partial charge in [-0.25, -0.2) is 9.67 Å². The fourth-order valence-corrected chi connectivity index (χ4v) is 13.1. The summed E-state index contributed by atoms with van der Waals surface area (Å²) in [6.45, 7) is 10.3. The Hall–Kier alpha value is -4.13. The molecule has 1 fully saturated rings. The number of rotatable bonds is 5. The lowest BCUT2D eigenvalue weighted by molar-refractivity contribution is 0.159. The van der Waals surface area contributed by atoms with Gasteiger partial charge in [0.25, 0.3) is 0 Å². The fraction of sp³-hybridized carbons (Fsp3) is 0.250. The number of para-hydroxylation sites is 2. The molecule has 8 rings (SSSR count). The number of allylic oxidation sites excluding steroid dienone is 2. The molecular formula is C40H41N6PS. The van der Waals surface area contributed by atoms with E-state index in [9.17, 15) is 0 Å². The van der Waals surface area contributed by atoms with Gasteiger partial charge in [0.1, 0.15) is 0 Å². The maximum absolute atomic E-state index is 7.18. The molecule has 1 saturated heterocycles. The molecule has 3 aliphatic rings. The second kappa shape index (κ2) is 12.1. The molecule has 5 aromatic rings. The van der Waals surface area contributed by atoms with E-state index in [0.717, 1.165) is 48.7 Å². The average Bonchev–Trinajstić information content (AvgIpc) is 3.57. The predicted octanol–water partition coefficient (Wildman–Crippen LogP) is 7.96. The summed E-state index contributed by atoms with van der Waals surface area (Å²) in [4.78, 5) is 10.2. The minimum Gasteiger partial charge on any atom is -0.346 e. The molecule has 0 N–H and O–H groups in total. The zero-order chi connectivity index (χ0) is 33.0. The second-order valence-corrected chi connectivity index (χ2v) is 17.7. The Kier molecular flexibility index (Phi) is 7.84. The van der Waals surface area contributed by atoms with Crippen molar-refractivity contribution in [2.45, 2.75) is 32.2 Å². The number of hydrogen-bond acceptors (Lipinski definition) is 5. The lowest BCUT2D eigenvalue weighted by Gasteiger charge is -2.46. The quantitative estimate of drug-likeness (QED) is 0.178. The van der Waals surface area contributed by atoms with Crippen LogP contribution in [0.1, 0.15) is 42.3 Å². The summed E-state index contributed by atoms with van der Waals surface area (Å²) in [5.74, 6) is 0.872. The summed E-state index contributed by atoms with van der Waals surface area (Å²) >= 11 is 7.18. The number of benzene rings is 4. The summed E-state index contributed by atoms with van der Waals surface area (Å²) in [5, 5.41) is 7.43. The van der Waals surface area contributed by atoms with Crippen LogP contribution in [0.3, 0.4) is 0 Å². The van der Waals surface area contributed by atoms with Gasteiger partial charge in [-0.3, -0.25) is 9.57 Å². The number of hydrogen-bond donors (Lipinski definition) is 0. The maximum Gasteiger partial charge on any atom is 0.165 e. The number of piperazine rings is 1. The molecule has 0 amide bonds. The summed E-state index contributed by atoms with van der Waals surface area (Å²) in [6.07, 6.45) is -0.473. The van der Waals surface area contributed by atoms with Gasteiger partial charge in [0.2, 0.25) is 0 Å². The summed E-state index contributed by atoms with van der Waals surface area (Å²) in [5.41, 5.74) is 8.20. The van der Waals surface area contributed by atoms with E-state index in [-0.39, 0.29) is 11.5 Å². The topological polar surface area (TPSA) is 39.9 Å². The Bertz CT molecular complexity index is 2040. The summed E-state index contributed by atoms with van der Waals surface area (Å²) < 4.78 is 4.63. The number of aliphatic imine (C=N–C) groups is 1. The highest BCUT2D eigenvalue weighted by Gasteiger charge is 2.48. The molecule has 3 aliphatic heterocycles. The van der Waals surface area contributed by atoms with E-state index in [4.69, 9.17) is 21.9 Å². The first-order valence-electron chi connectivity index (χ1n) is 16.8. The molecule has 242 valence electrons. The third-order valence-corrected chi connectivity index (χ3v) is 15.5. The van der Waals surface area contributed by atoms with Crippen molar-refractivity contribution in [1.29, 1.82) is 0 Å². The Morgan fingerprint density at radius 2 is 1.31 bits per heavy atom. The van der Waals surface area contributed by atoms with Gasteiger partial charge >= 0.3 is 0 Å². The van der Waals surface area contributed by atoms with E-state index in [1.165, 1.54) is 33.4 Å². The third kappa shape index (κ3) is 4.87. The Balaban J connectivity index is 1.25. The van der Waals surface area contributed by atoms with E-state index in [1.807, 2.05) is 10.7 Å². The van der Waals surface area contributed by atoms with E-state index in [2.05, 4.69) is 158 Å². The number of nitrogens with zero attached hydrogens (tertiary/aromatic N) is 6. The zero-order valence-electron chi connectivity index (χ0n) is 28.0. The molecule has 1 unspecified atom stereocenters. The first kappa shape index (κ1) is 31.2. The molecule has 4 heterocycles. The van der Waals surface area contributed by atoms with Gasteiger partial charge in [-0.1, -0.05) is 123 Å². The molecule has 4 aromatic carbocycles. The van der Waals surface area contributed by atoms with Gasteiger partial charge < -0.3 is 4.90 Å². The smallest absolute Gasteiger partial charge is 0.165 e. The van der Waals surface area contributed by atoms with Crippen molar-refractivity contribution in [2.24, 2.45) is 4.99 Å². The lowest BCUT2D eigenvalue weighted by atomic mass is 9.84. The van der Waals surface area contributed by atoms with Gasteiger partial charge in [0.15, 0.2) is 5.82 Å². The lowest BCUT2D eigenvalue weighted by Crippen LogP contribution is -2.48. The van der Waals surface area contributed by atoms with Gasteiger partial charge in [-0.15, -0.1) is 0 Å². The second-order valence-electron chi connectivity index (χ2n) is 13.5. The molecule has 1 aromatic heterocycles. The molecular weight excluding hydrogens is 628 g/mol. The predicted molar refractivity (Wildman–Crippen MR) is 203 cm³/mol. The summed E-state index contributed by atoms with van der Waals surface area (Å²) in [6, 6.07) is 41.1. The number of likely N-dealkylation sites (N-methyl/N-ethyl adjacent to an activating group) is 1. The molecule has 0 bridgehead atoms. The van der Waals surface area contributed by atoms with Crippen molar-refractivity contribution >= 4 is 41.0 Å². The van der Waals surface area contributed by atoms with Crippen LogP contribution < -0.4 is 10.2 Å². The Morgan fingerprint density at radius 1 is 0.750 bits per heavy atom. The SMILES string of the molecule is Cc1nn(-c2ccccc2)c2c1P(=S)(N1CCN(C(c3ccccc3)c3ccccc3)CC1)/C(=C1\N(C)c3ccccc3C1(C)C)C=N2. The molecule has 48 heavy (non-hydrogen) atoms. The van der Waals surface area contributed by atoms with Crippen LogP contribution in [0.2, 0.25) is 0 Å². The van der Waals surface area contributed by atoms with Crippen molar-refractivity contribution in [3.63, 3.8) is 0 Å². The average molecular weight is 669 g/mol. The monoisotopic (exact) mass is 668 g/mol. The third-order valence-electron chi connectivity index (χ3n) is 10.3. The largest absolute Gasteiger partial charge is 0.346 e. The summed E-state index contributed by atoms with van der Waals surface area (Å²) in [7, 11) is 2.20. The van der Waals surface area contributed by atoms with Crippen LogP contribution in [-0.4, -0.2) is 58.8 Å². The Labute approximate surface area is 289 Å². The minimum absolute atomic E-state index is 0.187. The van der Waals surface area contributed by atoms with Crippen LogP contribution in [-0.2, 0) is 17.2 Å². The fourth-order valence-electron chi connectivity index (χ4n) is 8.14. The van der Waals surface area contributed by atoms with Crippen LogP contribution >= 0.6 is 6.19 Å². The van der Waals surface area contributed by atoms with Crippen molar-refractivity contribution in [1.82, 2.24) is 19.4 Å². The van der Waals surface area contributed by atoms with Gasteiger partial charge in [0.05, 0.1) is 28.9 Å². The van der Waals surface area contributed by atoms with E-state index >= 15 is 0 Å². The van der Waals surface area contributed by atoms with Crippen molar-refractivity contribution in [3.8, 4) is 5.69 Å². The molecule has 0 aliphatic carbocycles. The molecule has 8 heteroatoms.